The van der Waals surface area contributed by atoms with Gasteiger partial charge in [-0.2, -0.15) is 0 Å². The summed E-state index contributed by atoms with van der Waals surface area (Å²) in [5.74, 6) is -0.483. The molecule has 0 spiro atoms. The molecule has 112 valence electrons. The molecule has 0 aliphatic carbocycles. The number of phenols is 1. The lowest BCUT2D eigenvalue weighted by Crippen LogP contribution is -2.46. The third kappa shape index (κ3) is 2.73. The Kier molecular flexibility index (Phi) is 4.22. The summed E-state index contributed by atoms with van der Waals surface area (Å²) in [6.45, 7) is 1.68. The average molecular weight is 355 g/mol. The van der Waals surface area contributed by atoms with Crippen LogP contribution in [0.3, 0.4) is 0 Å². The number of carbonyl (C=O) groups is 2. The average Bonchev–Trinajstić information content (AvgIpc) is 2.46. The van der Waals surface area contributed by atoms with Gasteiger partial charge in [0.25, 0.3) is 0 Å². The standard InChI is InChI=1S/C14H15BrN2O4/c1-7-11(13(19)21-3)12(16-14(20)17(7)2)9-6-8(18)4-5-10(9)15/h4-6,12,18H,1-3H3,(H,16,20). The van der Waals surface area contributed by atoms with Crippen molar-refractivity contribution in [3.8, 4) is 5.75 Å². The van der Waals surface area contributed by atoms with Crippen molar-refractivity contribution in [3.63, 3.8) is 0 Å². The van der Waals surface area contributed by atoms with Crippen molar-refractivity contribution in [1.82, 2.24) is 10.2 Å². The van der Waals surface area contributed by atoms with Gasteiger partial charge in [0.2, 0.25) is 0 Å². The Morgan fingerprint density at radius 3 is 2.76 bits per heavy atom. The molecule has 7 heteroatoms. The van der Waals surface area contributed by atoms with Crippen LogP contribution in [-0.2, 0) is 9.53 Å². The molecular formula is C14H15BrN2O4. The Hall–Kier alpha value is -2.02. The second kappa shape index (κ2) is 5.77. The minimum absolute atomic E-state index is 0.0447. The Bertz CT molecular complexity index is 642. The van der Waals surface area contributed by atoms with Crippen LogP contribution in [0.2, 0.25) is 0 Å². The number of carbonyl (C=O) groups excluding carboxylic acids is 2. The van der Waals surface area contributed by atoms with Crippen LogP contribution < -0.4 is 5.32 Å². The summed E-state index contributed by atoms with van der Waals surface area (Å²) in [6.07, 6.45) is 0. The molecule has 21 heavy (non-hydrogen) atoms. The Morgan fingerprint density at radius 2 is 2.14 bits per heavy atom. The van der Waals surface area contributed by atoms with E-state index in [1.807, 2.05) is 0 Å². The SMILES string of the molecule is COC(=O)C1=C(C)N(C)C(=O)NC1c1cc(O)ccc1Br. The third-order valence-corrected chi connectivity index (χ3v) is 4.17. The van der Waals surface area contributed by atoms with Gasteiger partial charge in [0.15, 0.2) is 0 Å². The highest BCUT2D eigenvalue weighted by Crippen LogP contribution is 2.35. The molecule has 1 aromatic carbocycles. The highest BCUT2D eigenvalue weighted by Gasteiger charge is 2.35. The molecule has 1 aliphatic rings. The second-order valence-electron chi connectivity index (χ2n) is 4.64. The number of urea groups is 1. The molecule has 0 bridgehead atoms. The van der Waals surface area contributed by atoms with Gasteiger partial charge in [0.05, 0.1) is 18.7 Å². The molecule has 0 saturated heterocycles. The zero-order valence-corrected chi connectivity index (χ0v) is 13.4. The van der Waals surface area contributed by atoms with Crippen LogP contribution in [0, 0.1) is 0 Å². The summed E-state index contributed by atoms with van der Waals surface area (Å²) in [5, 5.41) is 12.4. The molecular weight excluding hydrogens is 340 g/mol. The van der Waals surface area contributed by atoms with Gasteiger partial charge in [-0.1, -0.05) is 15.9 Å². The summed E-state index contributed by atoms with van der Waals surface area (Å²) in [4.78, 5) is 25.4. The summed E-state index contributed by atoms with van der Waals surface area (Å²) in [7, 11) is 2.86. The second-order valence-corrected chi connectivity index (χ2v) is 5.49. The molecule has 1 atom stereocenters. The van der Waals surface area contributed by atoms with Gasteiger partial charge in [0.1, 0.15) is 5.75 Å². The number of amides is 2. The number of nitrogens with one attached hydrogen (secondary N) is 1. The number of hydrogen-bond acceptors (Lipinski definition) is 4. The Labute approximate surface area is 130 Å². The van der Waals surface area contributed by atoms with Gasteiger partial charge >= 0.3 is 12.0 Å². The van der Waals surface area contributed by atoms with Gasteiger partial charge in [-0.05, 0) is 30.7 Å². The lowest BCUT2D eigenvalue weighted by atomic mass is 9.95. The van der Waals surface area contributed by atoms with Crippen molar-refractivity contribution in [2.45, 2.75) is 13.0 Å². The van der Waals surface area contributed by atoms with Crippen LogP contribution in [0.4, 0.5) is 4.79 Å². The number of halogens is 1. The van der Waals surface area contributed by atoms with E-state index in [0.717, 1.165) is 0 Å². The summed E-state index contributed by atoms with van der Waals surface area (Å²) < 4.78 is 5.48. The number of methoxy groups -OCH3 is 1. The maximum Gasteiger partial charge on any atom is 0.337 e. The maximum absolute atomic E-state index is 12.1. The molecule has 0 radical (unpaired) electrons. The molecule has 1 heterocycles. The monoisotopic (exact) mass is 354 g/mol. The van der Waals surface area contributed by atoms with E-state index in [4.69, 9.17) is 4.74 Å². The fourth-order valence-corrected chi connectivity index (χ4v) is 2.67. The number of allylic oxidation sites excluding steroid dienone is 1. The quantitative estimate of drug-likeness (QED) is 0.798. The first-order chi connectivity index (χ1) is 9.86. The zero-order chi connectivity index (χ0) is 15.7. The van der Waals surface area contributed by atoms with Gasteiger partial charge in [-0.3, -0.25) is 0 Å². The molecule has 1 aromatic rings. The van der Waals surface area contributed by atoms with E-state index in [1.165, 1.54) is 24.1 Å². The molecule has 0 saturated carbocycles. The van der Waals surface area contributed by atoms with Crippen molar-refractivity contribution in [2.24, 2.45) is 0 Å². The van der Waals surface area contributed by atoms with Crippen molar-refractivity contribution in [1.29, 1.82) is 0 Å². The van der Waals surface area contributed by atoms with Crippen LogP contribution in [-0.4, -0.2) is 36.2 Å². The molecule has 1 aliphatic heterocycles. The zero-order valence-electron chi connectivity index (χ0n) is 11.8. The van der Waals surface area contributed by atoms with Crippen LogP contribution in [0.25, 0.3) is 0 Å². The van der Waals surface area contributed by atoms with E-state index < -0.39 is 12.0 Å². The minimum atomic E-state index is -0.692. The predicted molar refractivity (Wildman–Crippen MR) is 79.6 cm³/mol. The van der Waals surface area contributed by atoms with Crippen molar-refractivity contribution >= 4 is 27.9 Å². The molecule has 2 amide bonds. The number of nitrogens with zero attached hydrogens (tertiary/aromatic N) is 1. The number of rotatable bonds is 2. The highest BCUT2D eigenvalue weighted by atomic mass is 79.9. The first kappa shape index (κ1) is 15.4. The van der Waals surface area contributed by atoms with Gasteiger partial charge < -0.3 is 20.1 Å². The van der Waals surface area contributed by atoms with Gasteiger partial charge in [-0.25, -0.2) is 9.59 Å². The summed E-state index contributed by atoms with van der Waals surface area (Å²) in [5.41, 5.74) is 1.41. The van der Waals surface area contributed by atoms with Crippen LogP contribution in [0.5, 0.6) is 5.75 Å². The fraction of sp³-hybridized carbons (Fsp3) is 0.286. The van der Waals surface area contributed by atoms with Crippen molar-refractivity contribution in [2.75, 3.05) is 14.2 Å². The smallest absolute Gasteiger partial charge is 0.337 e. The van der Waals surface area contributed by atoms with E-state index in [9.17, 15) is 14.7 Å². The van der Waals surface area contributed by atoms with Crippen LogP contribution >= 0.6 is 15.9 Å². The molecule has 6 nitrogen and oxygen atoms in total. The number of benzene rings is 1. The molecule has 0 fully saturated rings. The molecule has 0 aromatic heterocycles. The summed E-state index contributed by atoms with van der Waals surface area (Å²) in [6, 6.07) is 3.64. The topological polar surface area (TPSA) is 78.9 Å². The number of aromatic hydroxyl groups is 1. The number of ether oxygens (including phenoxy) is 1. The maximum atomic E-state index is 12.1. The minimum Gasteiger partial charge on any atom is -0.508 e. The Morgan fingerprint density at radius 1 is 1.48 bits per heavy atom. The van der Waals surface area contributed by atoms with Gasteiger partial charge in [-0.15, -0.1) is 0 Å². The summed E-state index contributed by atoms with van der Waals surface area (Å²) >= 11 is 3.37. The van der Waals surface area contributed by atoms with E-state index in [1.54, 1.807) is 20.0 Å². The molecule has 1 unspecified atom stereocenters. The normalized spacial score (nSPS) is 18.6. The van der Waals surface area contributed by atoms with Crippen LogP contribution in [0.1, 0.15) is 18.5 Å². The largest absolute Gasteiger partial charge is 0.508 e. The van der Waals surface area contributed by atoms with E-state index >= 15 is 0 Å². The lowest BCUT2D eigenvalue weighted by molar-refractivity contribution is -0.136. The van der Waals surface area contributed by atoms with E-state index in [0.29, 0.717) is 21.3 Å². The Balaban J connectivity index is 2.62. The number of phenolic OH excluding ortho intramolecular Hbond substituents is 1. The first-order valence-corrected chi connectivity index (χ1v) is 6.97. The first-order valence-electron chi connectivity index (χ1n) is 6.18. The number of hydrogen-bond donors (Lipinski definition) is 2. The lowest BCUT2D eigenvalue weighted by Gasteiger charge is -2.33. The van der Waals surface area contributed by atoms with Crippen LogP contribution in [0.15, 0.2) is 33.9 Å². The fourth-order valence-electron chi connectivity index (χ4n) is 2.20. The predicted octanol–water partition coefficient (Wildman–Crippen LogP) is 2.30. The van der Waals surface area contributed by atoms with E-state index in [2.05, 4.69) is 21.2 Å². The highest BCUT2D eigenvalue weighted by molar-refractivity contribution is 9.10. The molecule has 2 N–H and O–H groups in total. The van der Waals surface area contributed by atoms with Crippen molar-refractivity contribution in [3.05, 3.63) is 39.5 Å². The molecule has 2 rings (SSSR count). The van der Waals surface area contributed by atoms with Gasteiger partial charge in [0, 0.05) is 17.2 Å². The van der Waals surface area contributed by atoms with Crippen molar-refractivity contribution < 1.29 is 19.4 Å². The van der Waals surface area contributed by atoms with E-state index in [-0.39, 0.29) is 11.8 Å². The third-order valence-electron chi connectivity index (χ3n) is 3.45. The number of esters is 1.